The lowest BCUT2D eigenvalue weighted by atomic mass is 9.91. The molecule has 0 spiro atoms. The molecule has 7 heteroatoms. The highest BCUT2D eigenvalue weighted by atomic mass is 16.5. The number of aryl methyl sites for hydroxylation is 1. The Kier molecular flexibility index (Phi) is 12.1. The number of amides is 1. The quantitative estimate of drug-likeness (QED) is 0.118. The predicted octanol–water partition coefficient (Wildman–Crippen LogP) is 7.41. The van der Waals surface area contributed by atoms with E-state index in [1.807, 2.05) is 17.3 Å². The van der Waals surface area contributed by atoms with Crippen LogP contribution in [0, 0.1) is 6.92 Å². The van der Waals surface area contributed by atoms with E-state index < -0.39 is 6.10 Å². The molecule has 1 aromatic heterocycles. The van der Waals surface area contributed by atoms with Crippen LogP contribution in [0.15, 0.2) is 60.9 Å². The van der Waals surface area contributed by atoms with Gasteiger partial charge in [0.1, 0.15) is 5.75 Å². The van der Waals surface area contributed by atoms with E-state index in [0.29, 0.717) is 31.4 Å². The molecule has 254 valence electrons. The van der Waals surface area contributed by atoms with Crippen molar-refractivity contribution >= 4 is 5.91 Å². The van der Waals surface area contributed by atoms with Gasteiger partial charge in [-0.15, -0.1) is 0 Å². The van der Waals surface area contributed by atoms with Crippen molar-refractivity contribution in [2.45, 2.75) is 128 Å². The molecule has 2 fully saturated rings. The molecule has 7 nitrogen and oxygen atoms in total. The summed E-state index contributed by atoms with van der Waals surface area (Å²) in [5.74, 6) is 1.52. The minimum absolute atomic E-state index is 0.0916. The van der Waals surface area contributed by atoms with Gasteiger partial charge in [-0.3, -0.25) is 9.78 Å². The van der Waals surface area contributed by atoms with E-state index in [-0.39, 0.29) is 24.1 Å². The van der Waals surface area contributed by atoms with Crippen molar-refractivity contribution in [2.24, 2.45) is 0 Å². The maximum Gasteiger partial charge on any atom is 0.222 e. The zero-order chi connectivity index (χ0) is 33.4. The number of aromatic nitrogens is 1. The van der Waals surface area contributed by atoms with Crippen LogP contribution < -0.4 is 10.1 Å². The smallest absolute Gasteiger partial charge is 0.222 e. The van der Waals surface area contributed by atoms with Crippen LogP contribution in [0.4, 0.5) is 0 Å². The average Bonchev–Trinajstić information content (AvgIpc) is 4.02. The number of ether oxygens (including phenoxy) is 1. The summed E-state index contributed by atoms with van der Waals surface area (Å²) in [6, 6.07) is 17.5. The standard InChI is InChI=1S/C40H55N3O4/c1-28(2)43(23-8-7-11-33(45)27-44)39(46)14-9-10-29(3)31-16-15-30(4)32(24-31)25-42-40(20-21-40)37-26-41-22-19-35(37)36-12-5-6-13-38(36)47-34-17-18-34/h5-6,12-13,15-16,19,22,24,26,28-29,33-34,42,44-45H,7-11,14,17-18,20-21,23,25,27H2,1-4H3. The number of hydrogen-bond acceptors (Lipinski definition) is 6. The first kappa shape index (κ1) is 35.1. The van der Waals surface area contributed by atoms with Crippen LogP contribution in [0.3, 0.4) is 0 Å². The first-order chi connectivity index (χ1) is 22.7. The third-order valence-corrected chi connectivity index (χ3v) is 10.0. The van der Waals surface area contributed by atoms with Gasteiger partial charge in [-0.2, -0.15) is 0 Å². The van der Waals surface area contributed by atoms with Crippen LogP contribution in [0.1, 0.15) is 113 Å². The van der Waals surface area contributed by atoms with Gasteiger partial charge < -0.3 is 25.2 Å². The number of benzene rings is 2. The predicted molar refractivity (Wildman–Crippen MR) is 188 cm³/mol. The first-order valence-corrected chi connectivity index (χ1v) is 17.8. The zero-order valence-electron chi connectivity index (χ0n) is 28.9. The molecule has 0 radical (unpaired) electrons. The Morgan fingerprint density at radius 1 is 1.04 bits per heavy atom. The summed E-state index contributed by atoms with van der Waals surface area (Å²) in [7, 11) is 0. The second-order valence-corrected chi connectivity index (χ2v) is 14.2. The lowest BCUT2D eigenvalue weighted by molar-refractivity contribution is -0.133. The molecule has 2 saturated carbocycles. The molecule has 0 aliphatic heterocycles. The van der Waals surface area contributed by atoms with E-state index >= 15 is 0 Å². The number of nitrogens with zero attached hydrogens (tertiary/aromatic N) is 2. The maximum atomic E-state index is 13.1. The zero-order valence-corrected chi connectivity index (χ0v) is 28.9. The average molecular weight is 642 g/mol. The molecule has 5 rings (SSSR count). The molecule has 47 heavy (non-hydrogen) atoms. The van der Waals surface area contributed by atoms with Crippen molar-refractivity contribution in [3.8, 4) is 16.9 Å². The number of unbranched alkanes of at least 4 members (excludes halogenated alkanes) is 1. The van der Waals surface area contributed by atoms with E-state index in [9.17, 15) is 9.90 Å². The highest BCUT2D eigenvalue weighted by Gasteiger charge is 2.46. The third kappa shape index (κ3) is 9.43. The molecule has 3 N–H and O–H groups in total. The Morgan fingerprint density at radius 2 is 1.83 bits per heavy atom. The maximum absolute atomic E-state index is 13.1. The van der Waals surface area contributed by atoms with Gasteiger partial charge >= 0.3 is 0 Å². The van der Waals surface area contributed by atoms with E-state index in [0.717, 1.165) is 69.2 Å². The summed E-state index contributed by atoms with van der Waals surface area (Å²) >= 11 is 0. The Bertz CT molecular complexity index is 1470. The van der Waals surface area contributed by atoms with Crippen LogP contribution >= 0.6 is 0 Å². The fourth-order valence-corrected chi connectivity index (χ4v) is 6.58. The SMILES string of the molecule is Cc1ccc(C(C)CCCC(=O)N(CCCCC(O)CO)C(C)C)cc1CNC1(c2cnccc2-c2ccccc2OC2CC2)CC1. The molecular formula is C40H55N3O4. The van der Waals surface area contributed by atoms with Crippen molar-refractivity contribution in [3.63, 3.8) is 0 Å². The lowest BCUT2D eigenvalue weighted by Crippen LogP contribution is -2.37. The number of aliphatic hydroxyl groups excluding tert-OH is 2. The van der Waals surface area contributed by atoms with Crippen LogP contribution in [0.5, 0.6) is 5.75 Å². The highest BCUT2D eigenvalue weighted by Crippen LogP contribution is 2.50. The molecule has 3 aromatic rings. The van der Waals surface area contributed by atoms with Gasteiger partial charge in [-0.25, -0.2) is 0 Å². The topological polar surface area (TPSA) is 94.9 Å². The van der Waals surface area contributed by atoms with Crippen molar-refractivity contribution in [2.75, 3.05) is 13.2 Å². The Balaban J connectivity index is 1.17. The van der Waals surface area contributed by atoms with Crippen LogP contribution in [0.25, 0.3) is 11.1 Å². The summed E-state index contributed by atoms with van der Waals surface area (Å²) in [6.45, 7) is 9.87. The van der Waals surface area contributed by atoms with Gasteiger partial charge in [0.05, 0.1) is 18.8 Å². The lowest BCUT2D eigenvalue weighted by Gasteiger charge is -2.27. The minimum atomic E-state index is -0.665. The fourth-order valence-electron chi connectivity index (χ4n) is 6.58. The van der Waals surface area contributed by atoms with Gasteiger partial charge in [0.15, 0.2) is 0 Å². The molecule has 2 aliphatic carbocycles. The normalized spacial score (nSPS) is 16.6. The second-order valence-electron chi connectivity index (χ2n) is 14.2. The molecular weight excluding hydrogens is 586 g/mol. The second kappa shape index (κ2) is 16.2. The number of nitrogens with one attached hydrogen (secondary N) is 1. The highest BCUT2D eigenvalue weighted by molar-refractivity contribution is 5.76. The molecule has 1 amide bonds. The summed E-state index contributed by atoms with van der Waals surface area (Å²) in [5.41, 5.74) is 7.42. The Hall–Kier alpha value is -3.26. The van der Waals surface area contributed by atoms with Crippen LogP contribution in [-0.2, 0) is 16.9 Å². The van der Waals surface area contributed by atoms with Crippen molar-refractivity contribution in [1.82, 2.24) is 15.2 Å². The van der Waals surface area contributed by atoms with Gasteiger partial charge in [0.25, 0.3) is 0 Å². The molecule has 0 bridgehead atoms. The monoisotopic (exact) mass is 641 g/mol. The van der Waals surface area contributed by atoms with Gasteiger partial charge in [-0.1, -0.05) is 43.3 Å². The third-order valence-electron chi connectivity index (χ3n) is 10.0. The number of carbonyl (C=O) groups excluding carboxylic acids is 1. The van der Waals surface area contributed by atoms with E-state index in [4.69, 9.17) is 9.84 Å². The van der Waals surface area contributed by atoms with Gasteiger partial charge in [0.2, 0.25) is 5.91 Å². The van der Waals surface area contributed by atoms with E-state index in [1.165, 1.54) is 27.8 Å². The molecule has 2 unspecified atom stereocenters. The van der Waals surface area contributed by atoms with Crippen LogP contribution in [0.2, 0.25) is 0 Å². The number of pyridine rings is 1. The van der Waals surface area contributed by atoms with Crippen molar-refractivity contribution < 1.29 is 19.7 Å². The van der Waals surface area contributed by atoms with Gasteiger partial charge in [0, 0.05) is 49.0 Å². The number of para-hydroxylation sites is 1. The number of hydrogen-bond donors (Lipinski definition) is 3. The largest absolute Gasteiger partial charge is 0.490 e. The molecule has 2 aromatic carbocycles. The number of carbonyl (C=O) groups is 1. The minimum Gasteiger partial charge on any atom is -0.490 e. The fraction of sp³-hybridized carbons (Fsp3) is 0.550. The summed E-state index contributed by atoms with van der Waals surface area (Å²) in [5, 5.41) is 22.6. The van der Waals surface area contributed by atoms with Crippen LogP contribution in [-0.4, -0.2) is 57.4 Å². The van der Waals surface area contributed by atoms with Gasteiger partial charge in [-0.05, 0) is 124 Å². The number of aliphatic hydroxyl groups is 2. The van der Waals surface area contributed by atoms with E-state index in [2.05, 4.69) is 86.5 Å². The molecule has 1 heterocycles. The molecule has 2 aliphatic rings. The molecule has 2 atom stereocenters. The Morgan fingerprint density at radius 3 is 2.55 bits per heavy atom. The van der Waals surface area contributed by atoms with Crippen molar-refractivity contribution in [3.05, 3.63) is 83.2 Å². The molecule has 0 saturated heterocycles. The summed E-state index contributed by atoms with van der Waals surface area (Å²) < 4.78 is 6.30. The van der Waals surface area contributed by atoms with E-state index in [1.54, 1.807) is 0 Å². The summed E-state index contributed by atoms with van der Waals surface area (Å²) in [6.07, 6.45) is 12.6. The first-order valence-electron chi connectivity index (χ1n) is 17.8. The Labute approximate surface area is 281 Å². The summed E-state index contributed by atoms with van der Waals surface area (Å²) in [4.78, 5) is 19.6. The number of rotatable bonds is 19. The van der Waals surface area contributed by atoms with Crippen molar-refractivity contribution in [1.29, 1.82) is 0 Å².